The second-order valence-corrected chi connectivity index (χ2v) is 6.01. The minimum absolute atomic E-state index is 0.812. The molecule has 8 nitrogen and oxygen atoms in total. The molecular weight excluding hydrogens is 306 g/mol. The highest BCUT2D eigenvalue weighted by atomic mass is 16.5. The summed E-state index contributed by atoms with van der Waals surface area (Å²) >= 11 is 0. The van der Waals surface area contributed by atoms with Crippen LogP contribution in [0.3, 0.4) is 0 Å². The molecule has 8 heteroatoms. The van der Waals surface area contributed by atoms with E-state index >= 15 is 0 Å². The quantitative estimate of drug-likeness (QED) is 0.638. The molecule has 1 aliphatic heterocycles. The van der Waals surface area contributed by atoms with Gasteiger partial charge < -0.3 is 14.7 Å². The molecule has 0 bridgehead atoms. The number of aliphatic imine (C=N–C) groups is 1. The average Bonchev–Trinajstić information content (AvgIpc) is 3.24. The van der Waals surface area contributed by atoms with E-state index in [0.29, 0.717) is 0 Å². The van der Waals surface area contributed by atoms with Gasteiger partial charge in [-0.15, -0.1) is 0 Å². The van der Waals surface area contributed by atoms with Crippen LogP contribution >= 0.6 is 0 Å². The van der Waals surface area contributed by atoms with Crippen LogP contribution in [-0.4, -0.2) is 70.5 Å². The van der Waals surface area contributed by atoms with Crippen LogP contribution in [0, 0.1) is 6.92 Å². The van der Waals surface area contributed by atoms with Gasteiger partial charge in [-0.05, 0) is 12.5 Å². The summed E-state index contributed by atoms with van der Waals surface area (Å²) in [6, 6.07) is 1.92. The summed E-state index contributed by atoms with van der Waals surface area (Å²) < 4.78 is 6.84. The van der Waals surface area contributed by atoms with E-state index < -0.39 is 0 Å². The maximum atomic E-state index is 4.89. The molecule has 0 atom stereocenters. The van der Waals surface area contributed by atoms with Gasteiger partial charge >= 0.3 is 0 Å². The standard InChI is InChI=1S/C16H25N7O/c1-14-11-19-23(12-14)5-4-18-16(17-2)22-8-6-21(7-9-22)13-15-3-10-24-20-15/h3,10-12H,4-9,13H2,1-2H3,(H,17,18). The van der Waals surface area contributed by atoms with Gasteiger partial charge in [0.05, 0.1) is 18.4 Å². The first kappa shape index (κ1) is 16.5. The lowest BCUT2D eigenvalue weighted by Crippen LogP contribution is -2.52. The predicted molar refractivity (Wildman–Crippen MR) is 91.7 cm³/mol. The van der Waals surface area contributed by atoms with Crippen molar-refractivity contribution in [2.75, 3.05) is 39.8 Å². The lowest BCUT2D eigenvalue weighted by molar-refractivity contribution is 0.169. The van der Waals surface area contributed by atoms with E-state index in [-0.39, 0.29) is 0 Å². The molecule has 0 aromatic carbocycles. The maximum Gasteiger partial charge on any atom is 0.193 e. The highest BCUT2D eigenvalue weighted by molar-refractivity contribution is 5.79. The Kier molecular flexibility index (Phi) is 5.47. The number of nitrogens with one attached hydrogen (secondary N) is 1. The van der Waals surface area contributed by atoms with E-state index in [1.54, 1.807) is 6.26 Å². The van der Waals surface area contributed by atoms with Gasteiger partial charge in [0.1, 0.15) is 6.26 Å². The number of guanidine groups is 1. The molecule has 1 N–H and O–H groups in total. The number of piperazine rings is 1. The van der Waals surface area contributed by atoms with E-state index in [1.807, 2.05) is 30.2 Å². The smallest absolute Gasteiger partial charge is 0.193 e. The molecule has 1 fully saturated rings. The van der Waals surface area contributed by atoms with Crippen LogP contribution in [0.2, 0.25) is 0 Å². The van der Waals surface area contributed by atoms with Crippen LogP contribution < -0.4 is 5.32 Å². The molecule has 1 aliphatic rings. The first-order valence-corrected chi connectivity index (χ1v) is 8.31. The molecule has 3 heterocycles. The zero-order valence-corrected chi connectivity index (χ0v) is 14.4. The Morgan fingerprint density at radius 1 is 1.33 bits per heavy atom. The third-order valence-corrected chi connectivity index (χ3v) is 4.15. The number of nitrogens with zero attached hydrogens (tertiary/aromatic N) is 6. The number of aryl methyl sites for hydroxylation is 1. The number of hydrogen-bond donors (Lipinski definition) is 1. The number of rotatable bonds is 5. The normalized spacial score (nSPS) is 16.6. The SMILES string of the molecule is CN=C(NCCn1cc(C)cn1)N1CCN(Cc2ccon2)CC1. The molecule has 0 saturated carbocycles. The monoisotopic (exact) mass is 331 g/mol. The van der Waals surface area contributed by atoms with Gasteiger partial charge in [0.15, 0.2) is 5.96 Å². The first-order valence-electron chi connectivity index (χ1n) is 8.31. The Labute approximate surface area is 142 Å². The topological polar surface area (TPSA) is 74.7 Å². The first-order chi connectivity index (χ1) is 11.7. The van der Waals surface area contributed by atoms with Crippen molar-refractivity contribution in [2.24, 2.45) is 4.99 Å². The van der Waals surface area contributed by atoms with Crippen molar-refractivity contribution < 1.29 is 4.52 Å². The largest absolute Gasteiger partial charge is 0.364 e. The van der Waals surface area contributed by atoms with E-state index in [9.17, 15) is 0 Å². The number of aromatic nitrogens is 3. The summed E-state index contributed by atoms with van der Waals surface area (Å²) in [7, 11) is 1.84. The fourth-order valence-corrected chi connectivity index (χ4v) is 2.87. The van der Waals surface area contributed by atoms with Gasteiger partial charge in [0.2, 0.25) is 0 Å². The number of hydrogen-bond acceptors (Lipinski definition) is 5. The van der Waals surface area contributed by atoms with Crippen molar-refractivity contribution in [2.45, 2.75) is 20.0 Å². The van der Waals surface area contributed by atoms with Crippen molar-refractivity contribution >= 4 is 5.96 Å². The second-order valence-electron chi connectivity index (χ2n) is 6.01. The molecule has 2 aromatic rings. The molecule has 0 radical (unpaired) electrons. The van der Waals surface area contributed by atoms with Gasteiger partial charge in [0, 0.05) is 58.6 Å². The minimum atomic E-state index is 0.812. The fourth-order valence-electron chi connectivity index (χ4n) is 2.87. The average molecular weight is 331 g/mol. The molecule has 24 heavy (non-hydrogen) atoms. The van der Waals surface area contributed by atoms with Crippen LogP contribution in [-0.2, 0) is 13.1 Å². The van der Waals surface area contributed by atoms with Gasteiger partial charge in [-0.3, -0.25) is 14.6 Å². The van der Waals surface area contributed by atoms with E-state index in [0.717, 1.165) is 57.5 Å². The summed E-state index contributed by atoms with van der Waals surface area (Å²) in [6.07, 6.45) is 5.55. The third kappa shape index (κ3) is 4.35. The zero-order valence-electron chi connectivity index (χ0n) is 14.4. The van der Waals surface area contributed by atoms with E-state index in [4.69, 9.17) is 4.52 Å². The van der Waals surface area contributed by atoms with Crippen LogP contribution in [0.5, 0.6) is 0 Å². The fraction of sp³-hybridized carbons (Fsp3) is 0.562. The molecule has 2 aromatic heterocycles. The highest BCUT2D eigenvalue weighted by Crippen LogP contribution is 2.07. The van der Waals surface area contributed by atoms with Gasteiger partial charge in [-0.2, -0.15) is 5.10 Å². The molecular formula is C16H25N7O. The zero-order chi connectivity index (χ0) is 16.8. The Balaban J connectivity index is 1.42. The molecule has 130 valence electrons. The Morgan fingerprint density at radius 3 is 2.79 bits per heavy atom. The van der Waals surface area contributed by atoms with Crippen molar-refractivity contribution in [3.8, 4) is 0 Å². The van der Waals surface area contributed by atoms with Crippen molar-refractivity contribution in [3.05, 3.63) is 36.0 Å². The molecule has 3 rings (SSSR count). The highest BCUT2D eigenvalue weighted by Gasteiger charge is 2.20. The summed E-state index contributed by atoms with van der Waals surface area (Å²) in [5.41, 5.74) is 2.17. The van der Waals surface area contributed by atoms with E-state index in [2.05, 4.69) is 37.3 Å². The molecule has 0 amide bonds. The summed E-state index contributed by atoms with van der Waals surface area (Å²) in [5.74, 6) is 0.958. The molecule has 1 saturated heterocycles. The van der Waals surface area contributed by atoms with Gasteiger partial charge in [0.25, 0.3) is 0 Å². The Hall–Kier alpha value is -2.35. The lowest BCUT2D eigenvalue weighted by Gasteiger charge is -2.36. The summed E-state index contributed by atoms with van der Waals surface area (Å²) in [4.78, 5) is 9.09. The molecule has 0 unspecified atom stereocenters. The Bertz CT molecular complexity index is 641. The van der Waals surface area contributed by atoms with Crippen LogP contribution in [0.1, 0.15) is 11.3 Å². The van der Waals surface area contributed by atoms with Crippen LogP contribution in [0.15, 0.2) is 34.2 Å². The second kappa shape index (κ2) is 7.96. The minimum Gasteiger partial charge on any atom is -0.364 e. The predicted octanol–water partition coefficient (Wildman–Crippen LogP) is 0.573. The van der Waals surface area contributed by atoms with E-state index in [1.165, 1.54) is 5.56 Å². The summed E-state index contributed by atoms with van der Waals surface area (Å²) in [5, 5.41) is 11.7. The third-order valence-electron chi connectivity index (χ3n) is 4.15. The van der Waals surface area contributed by atoms with Gasteiger partial charge in [-0.25, -0.2) is 0 Å². The van der Waals surface area contributed by atoms with Crippen LogP contribution in [0.4, 0.5) is 0 Å². The Morgan fingerprint density at radius 2 is 2.17 bits per heavy atom. The van der Waals surface area contributed by atoms with Crippen molar-refractivity contribution in [1.29, 1.82) is 0 Å². The van der Waals surface area contributed by atoms with Crippen molar-refractivity contribution in [3.63, 3.8) is 0 Å². The lowest BCUT2D eigenvalue weighted by atomic mass is 10.3. The van der Waals surface area contributed by atoms with Crippen LogP contribution in [0.25, 0.3) is 0 Å². The molecule has 0 aliphatic carbocycles. The maximum absolute atomic E-state index is 4.89. The summed E-state index contributed by atoms with van der Waals surface area (Å²) in [6.45, 7) is 8.43. The van der Waals surface area contributed by atoms with Gasteiger partial charge in [-0.1, -0.05) is 5.16 Å². The molecule has 0 spiro atoms. The van der Waals surface area contributed by atoms with Crippen molar-refractivity contribution in [1.82, 2.24) is 30.1 Å².